The molecule has 0 unspecified atom stereocenters. The molecule has 0 saturated heterocycles. The third kappa shape index (κ3) is 5.63. The molecule has 0 aliphatic rings. The summed E-state index contributed by atoms with van der Waals surface area (Å²) in [5.74, 6) is 2.02. The van der Waals surface area contributed by atoms with Gasteiger partial charge in [-0.3, -0.25) is 14.3 Å². The second kappa shape index (κ2) is 11.8. The molecule has 4 aromatic rings. The number of pyridine rings is 1. The lowest BCUT2D eigenvalue weighted by Crippen LogP contribution is -2.20. The van der Waals surface area contributed by atoms with Crippen LogP contribution in [0.4, 0.5) is 0 Å². The van der Waals surface area contributed by atoms with Crippen molar-refractivity contribution in [1.82, 2.24) is 25.2 Å². The van der Waals surface area contributed by atoms with Crippen LogP contribution in [0.5, 0.6) is 17.2 Å². The minimum Gasteiger partial charge on any atom is -0.496 e. The first-order valence-corrected chi connectivity index (χ1v) is 11.8. The van der Waals surface area contributed by atoms with Crippen LogP contribution in [-0.4, -0.2) is 59.0 Å². The Hall–Kier alpha value is -4.38. The fraction of sp³-hybridized carbons (Fsp3) is 0.160. The van der Waals surface area contributed by atoms with Crippen molar-refractivity contribution in [2.45, 2.75) is 5.16 Å². The molecule has 0 atom stereocenters. The molecule has 11 heteroatoms. The van der Waals surface area contributed by atoms with E-state index >= 15 is 0 Å². The number of carbonyl (C=O) groups excluding carboxylic acids is 1. The second-order valence-corrected chi connectivity index (χ2v) is 8.19. The maximum absolute atomic E-state index is 12.5. The summed E-state index contributed by atoms with van der Waals surface area (Å²) in [4.78, 5) is 16.6. The van der Waals surface area contributed by atoms with Crippen LogP contribution in [0, 0.1) is 0 Å². The highest BCUT2D eigenvalue weighted by Crippen LogP contribution is 2.33. The van der Waals surface area contributed by atoms with Gasteiger partial charge in [0.15, 0.2) is 22.5 Å². The van der Waals surface area contributed by atoms with Crippen LogP contribution in [0.15, 0.2) is 77.2 Å². The molecule has 0 aliphatic heterocycles. The summed E-state index contributed by atoms with van der Waals surface area (Å²) in [6.45, 7) is 0. The van der Waals surface area contributed by atoms with Crippen molar-refractivity contribution in [2.24, 2.45) is 5.10 Å². The number of methoxy groups -OCH3 is 3. The zero-order chi connectivity index (χ0) is 25.3. The first-order chi connectivity index (χ1) is 17.6. The number of aromatic nitrogens is 4. The van der Waals surface area contributed by atoms with Crippen LogP contribution < -0.4 is 19.6 Å². The van der Waals surface area contributed by atoms with Crippen LogP contribution in [0.25, 0.3) is 17.1 Å². The van der Waals surface area contributed by atoms with Crippen molar-refractivity contribution in [3.05, 3.63) is 72.6 Å². The number of benzene rings is 2. The number of ether oxygens (including phenoxy) is 3. The summed E-state index contributed by atoms with van der Waals surface area (Å²) >= 11 is 1.26. The number of hydrogen-bond acceptors (Lipinski definition) is 9. The van der Waals surface area contributed by atoms with Gasteiger partial charge in [-0.05, 0) is 30.3 Å². The molecule has 1 N–H and O–H groups in total. The van der Waals surface area contributed by atoms with Crippen LogP contribution in [0.2, 0.25) is 0 Å². The summed E-state index contributed by atoms with van der Waals surface area (Å²) in [5.41, 5.74) is 4.90. The predicted molar refractivity (Wildman–Crippen MR) is 137 cm³/mol. The molecule has 2 heterocycles. The summed E-state index contributed by atoms with van der Waals surface area (Å²) in [6, 6.07) is 16.8. The highest BCUT2D eigenvalue weighted by atomic mass is 32.2. The van der Waals surface area contributed by atoms with Crippen molar-refractivity contribution >= 4 is 23.9 Å². The molecule has 4 rings (SSSR count). The maximum atomic E-state index is 12.5. The van der Waals surface area contributed by atoms with Crippen molar-refractivity contribution in [3.8, 4) is 34.3 Å². The Morgan fingerprint density at radius 2 is 1.67 bits per heavy atom. The van der Waals surface area contributed by atoms with Crippen LogP contribution >= 0.6 is 11.8 Å². The summed E-state index contributed by atoms with van der Waals surface area (Å²) in [6.07, 6.45) is 4.88. The van der Waals surface area contributed by atoms with E-state index < -0.39 is 0 Å². The average Bonchev–Trinajstić information content (AvgIpc) is 3.36. The van der Waals surface area contributed by atoms with E-state index in [1.807, 2.05) is 47.0 Å². The number of para-hydroxylation sites is 1. The largest absolute Gasteiger partial charge is 0.496 e. The fourth-order valence-electron chi connectivity index (χ4n) is 3.35. The van der Waals surface area contributed by atoms with Gasteiger partial charge in [0.05, 0.1) is 33.3 Å². The number of rotatable bonds is 10. The molecule has 0 radical (unpaired) electrons. The lowest BCUT2D eigenvalue weighted by Gasteiger charge is -2.11. The Balaban J connectivity index is 1.47. The van der Waals surface area contributed by atoms with E-state index in [-0.39, 0.29) is 11.7 Å². The molecule has 0 spiro atoms. The number of hydrazone groups is 1. The summed E-state index contributed by atoms with van der Waals surface area (Å²) < 4.78 is 17.9. The molecular formula is C25H24N6O4S. The standard InChI is InChI=1S/C25H24N6O4S/c1-33-20-14-22(35-3)21(34-2)13-18(20)15-27-28-23(32)16-36-25-30-29-24(17-9-11-26-12-10-17)31(25)19-7-5-4-6-8-19/h4-15H,16H2,1-3H3,(H,28,32)/b27-15-. The van der Waals surface area contributed by atoms with Gasteiger partial charge in [-0.2, -0.15) is 5.10 Å². The Morgan fingerprint density at radius 3 is 2.36 bits per heavy atom. The monoisotopic (exact) mass is 504 g/mol. The third-order valence-corrected chi connectivity index (χ3v) is 5.98. The Labute approximate surface area is 212 Å². The SMILES string of the molecule is COc1cc(OC)c(OC)cc1/C=N\NC(=O)CSc1nnc(-c2ccncc2)n1-c1ccccc1. The molecule has 0 aliphatic carbocycles. The van der Waals surface area contributed by atoms with E-state index in [2.05, 4.69) is 25.7 Å². The molecular weight excluding hydrogens is 480 g/mol. The Morgan fingerprint density at radius 1 is 0.972 bits per heavy atom. The smallest absolute Gasteiger partial charge is 0.250 e. The molecule has 0 bridgehead atoms. The molecule has 0 fully saturated rings. The quantitative estimate of drug-likeness (QED) is 0.198. The van der Waals surface area contributed by atoms with E-state index in [0.29, 0.717) is 33.8 Å². The van der Waals surface area contributed by atoms with Crippen LogP contribution in [-0.2, 0) is 4.79 Å². The first-order valence-electron chi connectivity index (χ1n) is 10.8. The lowest BCUT2D eigenvalue weighted by molar-refractivity contribution is -0.118. The van der Waals surface area contributed by atoms with E-state index in [4.69, 9.17) is 14.2 Å². The normalized spacial score (nSPS) is 10.9. The molecule has 184 valence electrons. The summed E-state index contributed by atoms with van der Waals surface area (Å²) in [7, 11) is 4.62. The molecule has 2 aromatic carbocycles. The number of nitrogens with one attached hydrogen (secondary N) is 1. The van der Waals surface area contributed by atoms with Gasteiger partial charge < -0.3 is 14.2 Å². The minimum absolute atomic E-state index is 0.0850. The summed E-state index contributed by atoms with van der Waals surface area (Å²) in [5, 5.41) is 13.3. The maximum Gasteiger partial charge on any atom is 0.250 e. The van der Waals surface area contributed by atoms with Crippen LogP contribution in [0.1, 0.15) is 5.56 Å². The number of thioether (sulfide) groups is 1. The minimum atomic E-state index is -0.302. The highest BCUT2D eigenvalue weighted by molar-refractivity contribution is 7.99. The zero-order valence-electron chi connectivity index (χ0n) is 19.9. The van der Waals surface area contributed by atoms with Gasteiger partial charge in [0.2, 0.25) is 0 Å². The van der Waals surface area contributed by atoms with E-state index in [1.165, 1.54) is 25.1 Å². The van der Waals surface area contributed by atoms with Gasteiger partial charge in [-0.1, -0.05) is 30.0 Å². The van der Waals surface area contributed by atoms with E-state index in [1.54, 1.807) is 38.7 Å². The topological polar surface area (TPSA) is 113 Å². The van der Waals surface area contributed by atoms with Crippen LogP contribution in [0.3, 0.4) is 0 Å². The molecule has 2 aromatic heterocycles. The highest BCUT2D eigenvalue weighted by Gasteiger charge is 2.17. The van der Waals surface area contributed by atoms with Crippen molar-refractivity contribution in [3.63, 3.8) is 0 Å². The van der Waals surface area contributed by atoms with E-state index in [9.17, 15) is 4.79 Å². The third-order valence-electron chi connectivity index (χ3n) is 5.05. The number of hydrogen-bond donors (Lipinski definition) is 1. The number of nitrogens with zero attached hydrogens (tertiary/aromatic N) is 5. The zero-order valence-corrected chi connectivity index (χ0v) is 20.7. The number of amides is 1. The Kier molecular flexibility index (Phi) is 8.14. The second-order valence-electron chi connectivity index (χ2n) is 7.24. The Bertz CT molecular complexity index is 1350. The average molecular weight is 505 g/mol. The lowest BCUT2D eigenvalue weighted by atomic mass is 10.2. The molecule has 1 amide bonds. The first kappa shape index (κ1) is 24.7. The van der Waals surface area contributed by atoms with Gasteiger partial charge >= 0.3 is 0 Å². The van der Waals surface area contributed by atoms with Gasteiger partial charge in [0, 0.05) is 35.3 Å². The van der Waals surface area contributed by atoms with Gasteiger partial charge in [-0.25, -0.2) is 5.43 Å². The van der Waals surface area contributed by atoms with E-state index in [0.717, 1.165) is 11.3 Å². The van der Waals surface area contributed by atoms with Gasteiger partial charge in [-0.15, -0.1) is 10.2 Å². The van der Waals surface area contributed by atoms with Crippen molar-refractivity contribution in [1.29, 1.82) is 0 Å². The van der Waals surface area contributed by atoms with Crippen molar-refractivity contribution in [2.75, 3.05) is 27.1 Å². The predicted octanol–water partition coefficient (Wildman–Crippen LogP) is 3.60. The molecule has 36 heavy (non-hydrogen) atoms. The fourth-order valence-corrected chi connectivity index (χ4v) is 4.10. The molecule has 10 nitrogen and oxygen atoms in total. The van der Waals surface area contributed by atoms with Gasteiger partial charge in [0.1, 0.15) is 5.75 Å². The number of carbonyl (C=O) groups is 1. The van der Waals surface area contributed by atoms with Crippen molar-refractivity contribution < 1.29 is 19.0 Å². The van der Waals surface area contributed by atoms with Gasteiger partial charge in [0.25, 0.3) is 5.91 Å². The molecule has 0 saturated carbocycles.